The molecule has 1 amide bonds. The maximum atomic E-state index is 11.8. The van der Waals surface area contributed by atoms with Crippen molar-refractivity contribution in [1.29, 1.82) is 0 Å². The number of carbonyl (C=O) groups is 1. The maximum absolute atomic E-state index is 11.8. The Balaban J connectivity index is 1.90. The summed E-state index contributed by atoms with van der Waals surface area (Å²) in [4.78, 5) is 11.8. The molecule has 0 aliphatic carbocycles. The summed E-state index contributed by atoms with van der Waals surface area (Å²) in [6.45, 7) is 1.87. The third-order valence-electron chi connectivity index (χ3n) is 2.49. The second kappa shape index (κ2) is 6.21. The van der Waals surface area contributed by atoms with Crippen molar-refractivity contribution in [3.63, 3.8) is 0 Å². The van der Waals surface area contributed by atoms with Crippen LogP contribution in [0.5, 0.6) is 0 Å². The lowest BCUT2D eigenvalue weighted by molar-refractivity contribution is -0.113. The van der Waals surface area contributed by atoms with Gasteiger partial charge in [-0.15, -0.1) is 10.2 Å². The molecule has 100 valence electrons. The van der Waals surface area contributed by atoms with Gasteiger partial charge in [0.25, 0.3) is 0 Å². The van der Waals surface area contributed by atoms with Gasteiger partial charge in [-0.25, -0.2) is 0 Å². The van der Waals surface area contributed by atoms with E-state index in [0.717, 1.165) is 21.1 Å². The Morgan fingerprint density at radius 1 is 1.47 bits per heavy atom. The van der Waals surface area contributed by atoms with E-state index < -0.39 is 0 Å². The molecule has 2 aromatic rings. The predicted molar refractivity (Wildman–Crippen MR) is 79.2 cm³/mol. The Kier molecular flexibility index (Phi) is 4.60. The summed E-state index contributed by atoms with van der Waals surface area (Å²) in [7, 11) is 1.88. The number of nitrogens with one attached hydrogen (secondary N) is 1. The zero-order valence-electron chi connectivity index (χ0n) is 10.6. The molecule has 0 saturated heterocycles. The summed E-state index contributed by atoms with van der Waals surface area (Å²) >= 11 is 4.73. The third-order valence-corrected chi connectivity index (χ3v) is 4.01. The van der Waals surface area contributed by atoms with E-state index in [0.29, 0.717) is 5.75 Å². The van der Waals surface area contributed by atoms with E-state index in [1.807, 2.05) is 42.8 Å². The first-order valence-corrected chi connectivity index (χ1v) is 7.38. The van der Waals surface area contributed by atoms with Gasteiger partial charge < -0.3 is 9.88 Å². The fourth-order valence-electron chi connectivity index (χ4n) is 1.41. The van der Waals surface area contributed by atoms with Crippen molar-refractivity contribution >= 4 is 39.3 Å². The number of carbonyl (C=O) groups excluding carboxylic acids is 1. The van der Waals surface area contributed by atoms with Crippen LogP contribution in [-0.4, -0.2) is 26.4 Å². The predicted octanol–water partition coefficient (Wildman–Crippen LogP) is 2.62. The largest absolute Gasteiger partial charge is 0.325 e. The molecule has 0 bridgehead atoms. The number of benzene rings is 1. The lowest BCUT2D eigenvalue weighted by Gasteiger charge is -2.05. The number of aromatic nitrogens is 3. The Morgan fingerprint density at radius 2 is 2.26 bits per heavy atom. The normalized spacial score (nSPS) is 10.5. The smallest absolute Gasteiger partial charge is 0.234 e. The molecule has 1 aromatic heterocycles. The number of hydrogen-bond donors (Lipinski definition) is 1. The number of rotatable bonds is 4. The summed E-state index contributed by atoms with van der Waals surface area (Å²) in [6, 6.07) is 7.49. The van der Waals surface area contributed by atoms with E-state index in [-0.39, 0.29) is 5.91 Å². The highest BCUT2D eigenvalue weighted by Gasteiger charge is 2.09. The molecule has 0 unspecified atom stereocenters. The van der Waals surface area contributed by atoms with Gasteiger partial charge in [0.15, 0.2) is 5.16 Å². The van der Waals surface area contributed by atoms with Crippen LogP contribution in [0, 0.1) is 6.92 Å². The lowest BCUT2D eigenvalue weighted by atomic mass is 10.3. The zero-order valence-corrected chi connectivity index (χ0v) is 13.0. The second-order valence-electron chi connectivity index (χ2n) is 3.94. The van der Waals surface area contributed by atoms with E-state index in [1.54, 1.807) is 0 Å². The zero-order chi connectivity index (χ0) is 13.8. The molecule has 0 atom stereocenters. The fourth-order valence-corrected chi connectivity index (χ4v) is 2.56. The van der Waals surface area contributed by atoms with E-state index in [4.69, 9.17) is 0 Å². The minimum atomic E-state index is -0.0660. The molecule has 0 aliphatic rings. The van der Waals surface area contributed by atoms with Crippen molar-refractivity contribution in [2.45, 2.75) is 12.1 Å². The summed E-state index contributed by atoms with van der Waals surface area (Å²) in [5.41, 5.74) is 0.772. The molecule has 19 heavy (non-hydrogen) atoms. The van der Waals surface area contributed by atoms with E-state index in [1.165, 1.54) is 11.8 Å². The van der Waals surface area contributed by atoms with Crippen molar-refractivity contribution in [1.82, 2.24) is 14.8 Å². The number of amides is 1. The monoisotopic (exact) mass is 340 g/mol. The second-order valence-corrected chi connectivity index (χ2v) is 5.79. The third kappa shape index (κ3) is 3.81. The molecular formula is C12H13BrN4OS. The Morgan fingerprint density at radius 3 is 2.89 bits per heavy atom. The standard InChI is InChI=1S/C12H13BrN4OS/c1-8-15-16-12(17(8)2)19-7-11(18)14-10-5-3-4-9(13)6-10/h3-6H,7H2,1-2H3,(H,14,18). The SMILES string of the molecule is Cc1nnc(SCC(=O)Nc2cccc(Br)c2)n1C. The quantitative estimate of drug-likeness (QED) is 0.869. The average Bonchev–Trinajstić information content (AvgIpc) is 2.68. The van der Waals surface area contributed by atoms with Crippen LogP contribution in [0.25, 0.3) is 0 Å². The molecule has 0 fully saturated rings. The van der Waals surface area contributed by atoms with E-state index in [9.17, 15) is 4.79 Å². The van der Waals surface area contributed by atoms with Crippen LogP contribution >= 0.6 is 27.7 Å². The molecule has 1 heterocycles. The molecular weight excluding hydrogens is 328 g/mol. The number of thioether (sulfide) groups is 1. The van der Waals surface area contributed by atoms with Crippen LogP contribution in [0.3, 0.4) is 0 Å². The molecule has 2 rings (SSSR count). The van der Waals surface area contributed by atoms with Gasteiger partial charge in [0.2, 0.25) is 5.91 Å². The summed E-state index contributed by atoms with van der Waals surface area (Å²) in [6.07, 6.45) is 0. The first kappa shape index (κ1) is 14.1. The molecule has 0 spiro atoms. The van der Waals surface area contributed by atoms with Crippen LogP contribution in [0.1, 0.15) is 5.82 Å². The Hall–Kier alpha value is -1.34. The highest BCUT2D eigenvalue weighted by atomic mass is 79.9. The van der Waals surface area contributed by atoms with Crippen molar-refractivity contribution in [3.05, 3.63) is 34.6 Å². The number of anilines is 1. The van der Waals surface area contributed by atoms with Crippen molar-refractivity contribution in [2.24, 2.45) is 7.05 Å². The topological polar surface area (TPSA) is 59.8 Å². The summed E-state index contributed by atoms with van der Waals surface area (Å²) < 4.78 is 2.79. The van der Waals surface area contributed by atoms with E-state index >= 15 is 0 Å². The van der Waals surface area contributed by atoms with Crippen LogP contribution in [0.4, 0.5) is 5.69 Å². The van der Waals surface area contributed by atoms with Crippen molar-refractivity contribution in [2.75, 3.05) is 11.1 Å². The summed E-state index contributed by atoms with van der Waals surface area (Å²) in [5.74, 6) is 1.07. The number of nitrogens with zero attached hydrogens (tertiary/aromatic N) is 3. The molecule has 0 radical (unpaired) electrons. The van der Waals surface area contributed by atoms with Gasteiger partial charge in [-0.05, 0) is 25.1 Å². The van der Waals surface area contributed by atoms with Gasteiger partial charge in [-0.2, -0.15) is 0 Å². The van der Waals surface area contributed by atoms with Crippen LogP contribution in [-0.2, 0) is 11.8 Å². The lowest BCUT2D eigenvalue weighted by Crippen LogP contribution is -2.14. The first-order chi connectivity index (χ1) is 9.06. The molecule has 5 nitrogen and oxygen atoms in total. The Bertz CT molecular complexity index is 599. The van der Waals surface area contributed by atoms with Crippen LogP contribution < -0.4 is 5.32 Å². The highest BCUT2D eigenvalue weighted by molar-refractivity contribution is 9.10. The molecule has 7 heteroatoms. The molecule has 1 aromatic carbocycles. The van der Waals surface area contributed by atoms with Gasteiger partial charge in [0, 0.05) is 17.2 Å². The van der Waals surface area contributed by atoms with Crippen LogP contribution in [0.2, 0.25) is 0 Å². The highest BCUT2D eigenvalue weighted by Crippen LogP contribution is 2.18. The van der Waals surface area contributed by atoms with Crippen LogP contribution in [0.15, 0.2) is 33.9 Å². The molecule has 0 aliphatic heterocycles. The Labute approximate surface area is 123 Å². The summed E-state index contributed by atoms with van der Waals surface area (Å²) in [5, 5.41) is 11.5. The molecule has 1 N–H and O–H groups in total. The maximum Gasteiger partial charge on any atom is 0.234 e. The van der Waals surface area contributed by atoms with Gasteiger partial charge in [0.1, 0.15) is 5.82 Å². The van der Waals surface area contributed by atoms with Gasteiger partial charge >= 0.3 is 0 Å². The number of aryl methyl sites for hydroxylation is 1. The van der Waals surface area contributed by atoms with Gasteiger partial charge in [0.05, 0.1) is 5.75 Å². The van der Waals surface area contributed by atoms with Gasteiger partial charge in [-0.3, -0.25) is 4.79 Å². The fraction of sp³-hybridized carbons (Fsp3) is 0.250. The van der Waals surface area contributed by atoms with Crippen molar-refractivity contribution < 1.29 is 4.79 Å². The number of halogens is 1. The minimum absolute atomic E-state index is 0.0660. The molecule has 0 saturated carbocycles. The number of hydrogen-bond acceptors (Lipinski definition) is 4. The first-order valence-electron chi connectivity index (χ1n) is 5.60. The average molecular weight is 341 g/mol. The van der Waals surface area contributed by atoms with Crippen molar-refractivity contribution in [3.8, 4) is 0 Å². The van der Waals surface area contributed by atoms with Gasteiger partial charge in [-0.1, -0.05) is 33.8 Å². The van der Waals surface area contributed by atoms with E-state index in [2.05, 4.69) is 31.4 Å². The minimum Gasteiger partial charge on any atom is -0.325 e.